The molecule has 2 nitrogen and oxygen atoms in total. The van der Waals surface area contributed by atoms with Crippen LogP contribution in [0.1, 0.15) is 51.4 Å². The molecule has 2 aliphatic rings. The quantitative estimate of drug-likeness (QED) is 0.706. The Balaban J connectivity index is 1.92. The van der Waals surface area contributed by atoms with Crippen LogP contribution in [0.2, 0.25) is 0 Å². The maximum atomic E-state index is 5.66. The maximum absolute atomic E-state index is 5.66. The summed E-state index contributed by atoms with van der Waals surface area (Å²) in [5.74, 6) is 2.02. The Morgan fingerprint density at radius 1 is 1.13 bits per heavy atom. The van der Waals surface area contributed by atoms with Crippen molar-refractivity contribution in [2.45, 2.75) is 51.4 Å². The van der Waals surface area contributed by atoms with Gasteiger partial charge in [0, 0.05) is 0 Å². The smallest absolute Gasteiger partial charge is 0.00771 e. The molecule has 0 radical (unpaired) electrons. The second-order valence-electron chi connectivity index (χ2n) is 5.73. The molecule has 3 atom stereocenters. The Kier molecular flexibility index (Phi) is 3.68. The van der Waals surface area contributed by atoms with E-state index in [1.165, 1.54) is 51.4 Å². The third-order valence-electron chi connectivity index (χ3n) is 4.87. The molecule has 3 unspecified atom stereocenters. The normalized spacial score (nSPS) is 38.8. The van der Waals surface area contributed by atoms with Crippen LogP contribution in [0.4, 0.5) is 0 Å². The average molecular weight is 210 g/mol. The molecule has 2 fully saturated rings. The average Bonchev–Trinajstić information content (AvgIpc) is 2.81. The van der Waals surface area contributed by atoms with Gasteiger partial charge in [-0.1, -0.05) is 0 Å². The molecule has 0 heterocycles. The summed E-state index contributed by atoms with van der Waals surface area (Å²) in [6.07, 6.45) is 11.2. The van der Waals surface area contributed by atoms with E-state index in [0.717, 1.165) is 24.9 Å². The van der Waals surface area contributed by atoms with Gasteiger partial charge >= 0.3 is 0 Å². The van der Waals surface area contributed by atoms with Crippen molar-refractivity contribution in [3.63, 3.8) is 0 Å². The van der Waals surface area contributed by atoms with Crippen molar-refractivity contribution in [3.05, 3.63) is 0 Å². The molecule has 88 valence electrons. The summed E-state index contributed by atoms with van der Waals surface area (Å²) >= 11 is 0. The first kappa shape index (κ1) is 11.4. The van der Waals surface area contributed by atoms with Crippen LogP contribution in [-0.2, 0) is 0 Å². The lowest BCUT2D eigenvalue weighted by Crippen LogP contribution is -2.26. The van der Waals surface area contributed by atoms with Gasteiger partial charge in [-0.25, -0.2) is 0 Å². The fourth-order valence-electron chi connectivity index (χ4n) is 4.17. The molecule has 2 aliphatic carbocycles. The van der Waals surface area contributed by atoms with E-state index in [1.807, 2.05) is 0 Å². The minimum absolute atomic E-state index is 0.694. The first-order chi connectivity index (χ1) is 7.30. The molecule has 4 N–H and O–H groups in total. The fourth-order valence-corrected chi connectivity index (χ4v) is 4.17. The fraction of sp³-hybridized carbons (Fsp3) is 1.00. The first-order valence-corrected chi connectivity index (χ1v) is 6.71. The molecule has 0 aromatic heterocycles. The van der Waals surface area contributed by atoms with Gasteiger partial charge in [-0.3, -0.25) is 0 Å². The van der Waals surface area contributed by atoms with Crippen molar-refractivity contribution in [1.29, 1.82) is 0 Å². The molecule has 0 spiro atoms. The number of hydrogen-bond acceptors (Lipinski definition) is 2. The van der Waals surface area contributed by atoms with E-state index in [-0.39, 0.29) is 0 Å². The number of hydrogen-bond donors (Lipinski definition) is 2. The first-order valence-electron chi connectivity index (χ1n) is 6.71. The van der Waals surface area contributed by atoms with Gasteiger partial charge in [0.15, 0.2) is 0 Å². The predicted molar refractivity (Wildman–Crippen MR) is 64.5 cm³/mol. The van der Waals surface area contributed by atoms with Crippen LogP contribution >= 0.6 is 0 Å². The summed E-state index contributed by atoms with van der Waals surface area (Å²) in [5, 5.41) is 0. The summed E-state index contributed by atoms with van der Waals surface area (Å²) in [6.45, 7) is 1.74. The zero-order chi connectivity index (χ0) is 10.7. The van der Waals surface area contributed by atoms with E-state index in [2.05, 4.69) is 0 Å². The van der Waals surface area contributed by atoms with E-state index >= 15 is 0 Å². The van der Waals surface area contributed by atoms with Crippen molar-refractivity contribution in [3.8, 4) is 0 Å². The van der Waals surface area contributed by atoms with Crippen LogP contribution in [0.3, 0.4) is 0 Å². The topological polar surface area (TPSA) is 52.0 Å². The van der Waals surface area contributed by atoms with Gasteiger partial charge in [0.2, 0.25) is 0 Å². The highest BCUT2D eigenvalue weighted by Crippen LogP contribution is 2.61. The van der Waals surface area contributed by atoms with Crippen molar-refractivity contribution >= 4 is 0 Å². The molecule has 2 rings (SSSR count). The molecular weight excluding hydrogens is 184 g/mol. The lowest BCUT2D eigenvalue weighted by molar-refractivity contribution is 0.154. The summed E-state index contributed by atoms with van der Waals surface area (Å²) in [4.78, 5) is 0. The van der Waals surface area contributed by atoms with Gasteiger partial charge in [0.25, 0.3) is 0 Å². The minimum atomic E-state index is 0.694. The molecule has 2 bridgehead atoms. The zero-order valence-corrected chi connectivity index (χ0v) is 9.88. The van der Waals surface area contributed by atoms with Crippen LogP contribution in [0, 0.1) is 17.3 Å². The Hall–Kier alpha value is -0.0800. The van der Waals surface area contributed by atoms with E-state index in [9.17, 15) is 0 Å². The molecule has 0 aromatic carbocycles. The second kappa shape index (κ2) is 4.84. The van der Waals surface area contributed by atoms with Crippen LogP contribution in [0.5, 0.6) is 0 Å². The van der Waals surface area contributed by atoms with Gasteiger partial charge in [-0.05, 0) is 81.7 Å². The van der Waals surface area contributed by atoms with Crippen LogP contribution in [0.15, 0.2) is 0 Å². The van der Waals surface area contributed by atoms with Gasteiger partial charge in [0.05, 0.1) is 0 Å². The lowest BCUT2D eigenvalue weighted by Gasteiger charge is -2.35. The van der Waals surface area contributed by atoms with E-state index in [0.29, 0.717) is 5.41 Å². The third-order valence-corrected chi connectivity index (χ3v) is 4.87. The summed E-state index contributed by atoms with van der Waals surface area (Å²) < 4.78 is 0. The molecule has 0 amide bonds. The van der Waals surface area contributed by atoms with Crippen molar-refractivity contribution in [2.24, 2.45) is 28.7 Å². The number of fused-ring (bicyclic) bond motifs is 2. The molecule has 0 aromatic rings. The molecule has 0 saturated heterocycles. The largest absolute Gasteiger partial charge is 0.330 e. The van der Waals surface area contributed by atoms with E-state index in [4.69, 9.17) is 11.5 Å². The van der Waals surface area contributed by atoms with Crippen LogP contribution in [0.25, 0.3) is 0 Å². The Bertz CT molecular complexity index is 205. The van der Waals surface area contributed by atoms with Crippen LogP contribution < -0.4 is 11.5 Å². The highest BCUT2D eigenvalue weighted by atomic mass is 14.6. The molecule has 15 heavy (non-hydrogen) atoms. The van der Waals surface area contributed by atoms with Gasteiger partial charge < -0.3 is 11.5 Å². The van der Waals surface area contributed by atoms with Gasteiger partial charge in [-0.15, -0.1) is 0 Å². The van der Waals surface area contributed by atoms with E-state index < -0.39 is 0 Å². The Morgan fingerprint density at radius 3 is 2.60 bits per heavy atom. The monoisotopic (exact) mass is 210 g/mol. The lowest BCUT2D eigenvalue weighted by atomic mass is 9.70. The van der Waals surface area contributed by atoms with E-state index in [1.54, 1.807) is 0 Å². The maximum Gasteiger partial charge on any atom is -0.00771 e. The summed E-state index contributed by atoms with van der Waals surface area (Å²) in [7, 11) is 0. The molecular formula is C13H26N2. The zero-order valence-electron chi connectivity index (χ0n) is 9.88. The summed E-state index contributed by atoms with van der Waals surface area (Å²) in [5.41, 5.74) is 12.0. The second-order valence-corrected chi connectivity index (χ2v) is 5.73. The van der Waals surface area contributed by atoms with Crippen molar-refractivity contribution < 1.29 is 0 Å². The van der Waals surface area contributed by atoms with Crippen molar-refractivity contribution in [2.75, 3.05) is 13.1 Å². The molecule has 2 saturated carbocycles. The number of rotatable bonds is 6. The van der Waals surface area contributed by atoms with Gasteiger partial charge in [0.1, 0.15) is 0 Å². The SMILES string of the molecule is NCCCC1CC2CCC1(CCCN)C2. The van der Waals surface area contributed by atoms with Crippen molar-refractivity contribution in [1.82, 2.24) is 0 Å². The predicted octanol–water partition coefficient (Wildman–Crippen LogP) is 2.27. The van der Waals surface area contributed by atoms with Gasteiger partial charge in [-0.2, -0.15) is 0 Å². The molecule has 2 heteroatoms. The Labute approximate surface area is 93.8 Å². The highest BCUT2D eigenvalue weighted by molar-refractivity contribution is 5.01. The highest BCUT2D eigenvalue weighted by Gasteiger charge is 2.50. The number of nitrogens with two attached hydrogens (primary N) is 2. The standard InChI is InChI=1S/C13H26N2/c14-7-1-3-12-9-11-4-6-13(12,10-11)5-2-8-15/h11-12H,1-10,14-15H2. The molecule has 0 aliphatic heterocycles. The summed E-state index contributed by atoms with van der Waals surface area (Å²) in [6, 6.07) is 0. The third kappa shape index (κ3) is 2.21. The Morgan fingerprint density at radius 2 is 1.93 bits per heavy atom. The minimum Gasteiger partial charge on any atom is -0.330 e. The van der Waals surface area contributed by atoms with Crippen LogP contribution in [-0.4, -0.2) is 13.1 Å².